The van der Waals surface area contributed by atoms with Crippen LogP contribution in [-0.4, -0.2) is 9.55 Å². The Kier molecular flexibility index (Phi) is 3.88. The first-order chi connectivity index (χ1) is 16.8. The Labute approximate surface area is 194 Å². The van der Waals surface area contributed by atoms with Crippen molar-refractivity contribution in [3.8, 4) is 22.9 Å². The summed E-state index contributed by atoms with van der Waals surface area (Å²) in [7, 11) is 0. The summed E-state index contributed by atoms with van der Waals surface area (Å²) in [6, 6.07) is 35.1. The van der Waals surface area contributed by atoms with Crippen LogP contribution in [0.1, 0.15) is 5.69 Å². The molecule has 3 aromatic heterocycles. The molecule has 0 N–H and O–H groups in total. The summed E-state index contributed by atoms with van der Waals surface area (Å²) >= 11 is 0. The number of benzene rings is 4. The average Bonchev–Trinajstić information content (AvgIpc) is 3.44. The molecule has 158 valence electrons. The number of aromatic nitrogens is 2. The number of hydrogen-bond acceptors (Lipinski definition) is 3. The van der Waals surface area contributed by atoms with Crippen LogP contribution in [0.3, 0.4) is 0 Å². The molecule has 4 nitrogen and oxygen atoms in total. The Morgan fingerprint density at radius 3 is 2.35 bits per heavy atom. The zero-order chi connectivity index (χ0) is 22.6. The molecule has 34 heavy (non-hydrogen) atoms. The Hall–Kier alpha value is -4.88. The van der Waals surface area contributed by atoms with Crippen molar-refractivity contribution in [2.24, 2.45) is 0 Å². The number of pyridine rings is 1. The normalized spacial score (nSPS) is 11.5. The summed E-state index contributed by atoms with van der Waals surface area (Å²) in [6.45, 7) is 0. The van der Waals surface area contributed by atoms with Gasteiger partial charge in [-0.05, 0) is 42.5 Å². The van der Waals surface area contributed by atoms with Gasteiger partial charge in [-0.1, -0.05) is 54.6 Å². The fourth-order valence-corrected chi connectivity index (χ4v) is 5.12. The lowest BCUT2D eigenvalue weighted by molar-refractivity contribution is 0.669. The van der Waals surface area contributed by atoms with Gasteiger partial charge in [0.2, 0.25) is 0 Å². The standard InChI is InChI=1S/C30H17N3O/c31-18-24-19(11-7-17-32-24)20-8-1-4-12-25(20)33-26-13-5-2-9-21(26)22-15-16-28-29(30(22)33)23-10-3-6-14-27(23)34-28/h1-17H. The minimum Gasteiger partial charge on any atom is -0.456 e. The Morgan fingerprint density at radius 2 is 1.44 bits per heavy atom. The number of rotatable bonds is 2. The molecule has 0 fully saturated rings. The Morgan fingerprint density at radius 1 is 0.676 bits per heavy atom. The topological polar surface area (TPSA) is 54.8 Å². The second-order valence-electron chi connectivity index (χ2n) is 8.31. The van der Waals surface area contributed by atoms with Crippen molar-refractivity contribution in [3.63, 3.8) is 0 Å². The van der Waals surface area contributed by atoms with E-state index in [1.807, 2.05) is 42.5 Å². The lowest BCUT2D eigenvalue weighted by Crippen LogP contribution is -1.99. The molecule has 7 aromatic rings. The van der Waals surface area contributed by atoms with Crippen molar-refractivity contribution in [3.05, 3.63) is 109 Å². The van der Waals surface area contributed by atoms with E-state index in [0.29, 0.717) is 5.69 Å². The summed E-state index contributed by atoms with van der Waals surface area (Å²) in [5.74, 6) is 0. The van der Waals surface area contributed by atoms with Crippen molar-refractivity contribution < 1.29 is 4.42 Å². The number of furan rings is 1. The van der Waals surface area contributed by atoms with Gasteiger partial charge in [0.05, 0.1) is 22.1 Å². The molecule has 0 radical (unpaired) electrons. The molecule has 0 aliphatic heterocycles. The molecule has 4 heteroatoms. The smallest absolute Gasteiger partial charge is 0.148 e. The monoisotopic (exact) mass is 435 g/mol. The zero-order valence-electron chi connectivity index (χ0n) is 18.1. The molecular formula is C30H17N3O. The third kappa shape index (κ3) is 2.49. The first kappa shape index (κ1) is 18.7. The summed E-state index contributed by atoms with van der Waals surface area (Å²) in [6.07, 6.45) is 1.66. The molecule has 0 amide bonds. The van der Waals surface area contributed by atoms with Crippen molar-refractivity contribution in [1.29, 1.82) is 5.26 Å². The minimum absolute atomic E-state index is 0.412. The van der Waals surface area contributed by atoms with E-state index >= 15 is 0 Å². The van der Waals surface area contributed by atoms with Crippen molar-refractivity contribution in [2.75, 3.05) is 0 Å². The molecule has 7 rings (SSSR count). The minimum atomic E-state index is 0.412. The van der Waals surface area contributed by atoms with E-state index in [1.165, 1.54) is 5.39 Å². The maximum absolute atomic E-state index is 9.74. The lowest BCUT2D eigenvalue weighted by Gasteiger charge is -2.15. The second kappa shape index (κ2) is 7.06. The molecule has 3 heterocycles. The SMILES string of the molecule is N#Cc1ncccc1-c1ccccc1-n1c2ccccc2c2ccc3oc4ccccc4c3c21. The van der Waals surface area contributed by atoms with Gasteiger partial charge in [-0.25, -0.2) is 4.98 Å². The van der Waals surface area contributed by atoms with Gasteiger partial charge in [0.25, 0.3) is 0 Å². The summed E-state index contributed by atoms with van der Waals surface area (Å²) in [5.41, 5.74) is 7.10. The third-order valence-electron chi connectivity index (χ3n) is 6.52. The van der Waals surface area contributed by atoms with Gasteiger partial charge in [-0.3, -0.25) is 0 Å². The van der Waals surface area contributed by atoms with E-state index in [1.54, 1.807) is 6.20 Å². The molecule has 0 aliphatic rings. The van der Waals surface area contributed by atoms with Gasteiger partial charge >= 0.3 is 0 Å². The third-order valence-corrected chi connectivity index (χ3v) is 6.52. The maximum Gasteiger partial charge on any atom is 0.148 e. The molecule has 0 unspecified atom stereocenters. The van der Waals surface area contributed by atoms with E-state index in [2.05, 4.69) is 70.2 Å². The molecule has 0 spiro atoms. The van der Waals surface area contributed by atoms with Crippen molar-refractivity contribution in [1.82, 2.24) is 9.55 Å². The number of nitriles is 1. The molecular weight excluding hydrogens is 418 g/mol. The molecule has 4 aromatic carbocycles. The van der Waals surface area contributed by atoms with Crippen LogP contribution >= 0.6 is 0 Å². The quantitative estimate of drug-likeness (QED) is 0.281. The largest absolute Gasteiger partial charge is 0.456 e. The first-order valence-corrected chi connectivity index (χ1v) is 11.1. The second-order valence-corrected chi connectivity index (χ2v) is 8.31. The fourth-order valence-electron chi connectivity index (χ4n) is 5.12. The molecule has 0 atom stereocenters. The van der Waals surface area contributed by atoms with E-state index in [0.717, 1.165) is 55.2 Å². The van der Waals surface area contributed by atoms with E-state index in [4.69, 9.17) is 4.42 Å². The predicted molar refractivity (Wildman–Crippen MR) is 136 cm³/mol. The molecule has 0 saturated carbocycles. The molecule has 0 saturated heterocycles. The van der Waals surface area contributed by atoms with E-state index < -0.39 is 0 Å². The van der Waals surface area contributed by atoms with Crippen molar-refractivity contribution in [2.45, 2.75) is 0 Å². The number of para-hydroxylation sites is 3. The zero-order valence-corrected chi connectivity index (χ0v) is 18.1. The van der Waals surface area contributed by atoms with Crippen LogP contribution in [0, 0.1) is 11.3 Å². The number of nitrogens with zero attached hydrogens (tertiary/aromatic N) is 3. The number of fused-ring (bicyclic) bond motifs is 7. The van der Waals surface area contributed by atoms with Gasteiger partial charge in [-0.15, -0.1) is 0 Å². The highest BCUT2D eigenvalue weighted by molar-refractivity contribution is 6.24. The summed E-state index contributed by atoms with van der Waals surface area (Å²) in [5, 5.41) is 14.3. The van der Waals surface area contributed by atoms with Crippen LogP contribution in [0.2, 0.25) is 0 Å². The summed E-state index contributed by atoms with van der Waals surface area (Å²) < 4.78 is 8.54. The van der Waals surface area contributed by atoms with Gasteiger partial charge < -0.3 is 8.98 Å². The van der Waals surface area contributed by atoms with Gasteiger partial charge in [0.15, 0.2) is 0 Å². The van der Waals surface area contributed by atoms with Crippen LogP contribution in [0.25, 0.3) is 60.6 Å². The van der Waals surface area contributed by atoms with Crippen LogP contribution in [0.5, 0.6) is 0 Å². The highest BCUT2D eigenvalue weighted by Gasteiger charge is 2.21. The fraction of sp³-hybridized carbons (Fsp3) is 0. The number of hydrogen-bond donors (Lipinski definition) is 0. The van der Waals surface area contributed by atoms with Gasteiger partial charge in [0.1, 0.15) is 22.9 Å². The van der Waals surface area contributed by atoms with Crippen LogP contribution in [0.15, 0.2) is 108 Å². The highest BCUT2D eigenvalue weighted by atomic mass is 16.3. The molecule has 0 aliphatic carbocycles. The van der Waals surface area contributed by atoms with E-state index in [9.17, 15) is 5.26 Å². The van der Waals surface area contributed by atoms with Gasteiger partial charge in [0, 0.05) is 33.5 Å². The van der Waals surface area contributed by atoms with E-state index in [-0.39, 0.29) is 0 Å². The maximum atomic E-state index is 9.74. The van der Waals surface area contributed by atoms with Crippen molar-refractivity contribution >= 4 is 43.7 Å². The molecule has 0 bridgehead atoms. The first-order valence-electron chi connectivity index (χ1n) is 11.1. The lowest BCUT2D eigenvalue weighted by atomic mass is 10.0. The highest BCUT2D eigenvalue weighted by Crippen LogP contribution is 2.42. The van der Waals surface area contributed by atoms with Crippen LogP contribution in [0.4, 0.5) is 0 Å². The van der Waals surface area contributed by atoms with Crippen LogP contribution < -0.4 is 0 Å². The predicted octanol–water partition coefficient (Wildman–Crippen LogP) is 7.62. The Bertz CT molecular complexity index is 1930. The Balaban J connectivity index is 1.71. The average molecular weight is 435 g/mol. The van der Waals surface area contributed by atoms with Crippen LogP contribution in [-0.2, 0) is 0 Å². The summed E-state index contributed by atoms with van der Waals surface area (Å²) in [4.78, 5) is 4.32. The van der Waals surface area contributed by atoms with Gasteiger partial charge in [-0.2, -0.15) is 5.26 Å².